The Kier molecular flexibility index (Phi) is 6.61. The van der Waals surface area contributed by atoms with Crippen molar-refractivity contribution in [2.45, 2.75) is 44.4 Å². The first-order valence-corrected chi connectivity index (χ1v) is 11.0. The molecule has 1 aliphatic heterocycles. The summed E-state index contributed by atoms with van der Waals surface area (Å²) in [5.74, 6) is -1.63. The SMILES string of the molecule is O=C(NCC1CCC(CCNCCNc2cccc3c2OCO3)CC1)C1CC1(F)F. The second-order valence-electron chi connectivity index (χ2n) is 8.65. The highest BCUT2D eigenvalue weighted by molar-refractivity contribution is 5.82. The summed E-state index contributed by atoms with van der Waals surface area (Å²) < 4.78 is 36.7. The predicted octanol–water partition coefficient (Wildman–Crippen LogP) is 3.38. The molecule has 1 aromatic rings. The highest BCUT2D eigenvalue weighted by Gasteiger charge is 2.61. The topological polar surface area (TPSA) is 71.6 Å². The first-order valence-electron chi connectivity index (χ1n) is 11.0. The average Bonchev–Trinajstić information content (AvgIpc) is 3.14. The Hall–Kier alpha value is -2.09. The van der Waals surface area contributed by atoms with Crippen LogP contribution < -0.4 is 25.4 Å². The molecule has 1 atom stereocenters. The minimum Gasteiger partial charge on any atom is -0.454 e. The molecule has 4 rings (SSSR count). The van der Waals surface area contributed by atoms with E-state index in [9.17, 15) is 13.6 Å². The van der Waals surface area contributed by atoms with Gasteiger partial charge in [-0.25, -0.2) is 8.78 Å². The van der Waals surface area contributed by atoms with E-state index in [4.69, 9.17) is 9.47 Å². The van der Waals surface area contributed by atoms with Crippen molar-refractivity contribution < 1.29 is 23.0 Å². The molecule has 1 unspecified atom stereocenters. The maximum atomic E-state index is 12.9. The molecular formula is C22H31F2N3O3. The number of benzene rings is 1. The Morgan fingerprint density at radius 1 is 1.07 bits per heavy atom. The lowest BCUT2D eigenvalue weighted by atomic mass is 9.80. The van der Waals surface area contributed by atoms with Crippen molar-refractivity contribution in [2.24, 2.45) is 17.8 Å². The lowest BCUT2D eigenvalue weighted by molar-refractivity contribution is -0.124. The minimum atomic E-state index is -2.77. The fourth-order valence-corrected chi connectivity index (χ4v) is 4.38. The summed E-state index contributed by atoms with van der Waals surface area (Å²) in [6.45, 7) is 3.48. The molecule has 166 valence electrons. The van der Waals surface area contributed by atoms with Gasteiger partial charge in [0, 0.05) is 26.1 Å². The Morgan fingerprint density at radius 2 is 1.83 bits per heavy atom. The molecule has 1 amide bonds. The van der Waals surface area contributed by atoms with E-state index in [0.29, 0.717) is 18.4 Å². The number of carbonyl (C=O) groups is 1. The van der Waals surface area contributed by atoms with Crippen molar-refractivity contribution in [1.82, 2.24) is 10.6 Å². The van der Waals surface area contributed by atoms with E-state index in [2.05, 4.69) is 16.0 Å². The lowest BCUT2D eigenvalue weighted by Crippen LogP contribution is -2.33. The van der Waals surface area contributed by atoms with Crippen molar-refractivity contribution >= 4 is 11.6 Å². The van der Waals surface area contributed by atoms with Crippen LogP contribution in [0.5, 0.6) is 11.5 Å². The first-order chi connectivity index (χ1) is 14.5. The van der Waals surface area contributed by atoms with Gasteiger partial charge in [-0.05, 0) is 49.8 Å². The van der Waals surface area contributed by atoms with Gasteiger partial charge in [0.15, 0.2) is 11.5 Å². The quantitative estimate of drug-likeness (QED) is 0.503. The van der Waals surface area contributed by atoms with Gasteiger partial charge in [-0.1, -0.05) is 18.9 Å². The summed E-state index contributed by atoms with van der Waals surface area (Å²) in [5.41, 5.74) is 0.961. The highest BCUT2D eigenvalue weighted by Crippen LogP contribution is 2.48. The monoisotopic (exact) mass is 423 g/mol. The number of rotatable bonds is 10. The Balaban J connectivity index is 1.03. The number of para-hydroxylation sites is 1. The molecule has 1 heterocycles. The van der Waals surface area contributed by atoms with Crippen LogP contribution >= 0.6 is 0 Å². The third kappa shape index (κ3) is 5.33. The normalized spacial score (nSPS) is 26.3. The van der Waals surface area contributed by atoms with E-state index in [-0.39, 0.29) is 13.2 Å². The van der Waals surface area contributed by atoms with Gasteiger partial charge >= 0.3 is 0 Å². The predicted molar refractivity (Wildman–Crippen MR) is 110 cm³/mol. The zero-order valence-corrected chi connectivity index (χ0v) is 17.2. The van der Waals surface area contributed by atoms with Crippen molar-refractivity contribution in [3.05, 3.63) is 18.2 Å². The number of hydrogen-bond donors (Lipinski definition) is 3. The van der Waals surface area contributed by atoms with Crippen LogP contribution in [0, 0.1) is 17.8 Å². The second-order valence-corrected chi connectivity index (χ2v) is 8.65. The smallest absolute Gasteiger partial charge is 0.260 e. The number of fused-ring (bicyclic) bond motifs is 1. The van der Waals surface area contributed by atoms with Crippen LogP contribution in [-0.2, 0) is 4.79 Å². The Bertz CT molecular complexity index is 738. The Morgan fingerprint density at radius 3 is 2.60 bits per heavy atom. The van der Waals surface area contributed by atoms with E-state index in [1.165, 1.54) is 0 Å². The summed E-state index contributed by atoms with van der Waals surface area (Å²) in [4.78, 5) is 11.7. The Labute approximate surface area is 176 Å². The van der Waals surface area contributed by atoms with Gasteiger partial charge in [-0.2, -0.15) is 0 Å². The fourth-order valence-electron chi connectivity index (χ4n) is 4.38. The molecule has 6 nitrogen and oxygen atoms in total. The number of carbonyl (C=O) groups excluding carboxylic acids is 1. The molecule has 0 radical (unpaired) electrons. The van der Waals surface area contributed by atoms with Gasteiger partial charge in [0.05, 0.1) is 5.69 Å². The zero-order chi connectivity index (χ0) is 21.0. The van der Waals surface area contributed by atoms with Crippen molar-refractivity contribution in [3.8, 4) is 11.5 Å². The van der Waals surface area contributed by atoms with Crippen LogP contribution in [-0.4, -0.2) is 44.8 Å². The molecule has 1 aromatic carbocycles. The van der Waals surface area contributed by atoms with E-state index >= 15 is 0 Å². The molecule has 2 aliphatic carbocycles. The van der Waals surface area contributed by atoms with Crippen LogP contribution in [0.15, 0.2) is 18.2 Å². The summed E-state index contributed by atoms with van der Waals surface area (Å²) in [6, 6.07) is 5.84. The molecular weight excluding hydrogens is 392 g/mol. The van der Waals surface area contributed by atoms with Crippen LogP contribution in [0.25, 0.3) is 0 Å². The molecule has 0 saturated heterocycles. The standard InChI is InChI=1S/C22H31F2N3O3/c23-22(24)12-17(22)21(28)27-13-16-6-4-15(5-7-16)8-9-25-10-11-26-18-2-1-3-19-20(18)30-14-29-19/h1-3,15-17,25-26H,4-14H2,(H,27,28). The van der Waals surface area contributed by atoms with Gasteiger partial charge < -0.3 is 25.4 Å². The van der Waals surface area contributed by atoms with Crippen molar-refractivity contribution in [1.29, 1.82) is 0 Å². The molecule has 0 bridgehead atoms. The highest BCUT2D eigenvalue weighted by atomic mass is 19.3. The number of halogens is 2. The first kappa shape index (κ1) is 21.2. The van der Waals surface area contributed by atoms with Crippen LogP contribution in [0.3, 0.4) is 0 Å². The van der Waals surface area contributed by atoms with Crippen LogP contribution in [0.1, 0.15) is 38.5 Å². The van der Waals surface area contributed by atoms with Gasteiger partial charge in [0.25, 0.3) is 5.92 Å². The van der Waals surface area contributed by atoms with E-state index < -0.39 is 17.7 Å². The van der Waals surface area contributed by atoms with Gasteiger partial charge in [0.2, 0.25) is 12.7 Å². The molecule has 30 heavy (non-hydrogen) atoms. The summed E-state index contributed by atoms with van der Waals surface area (Å²) >= 11 is 0. The average molecular weight is 424 g/mol. The molecule has 2 fully saturated rings. The fraction of sp³-hybridized carbons (Fsp3) is 0.682. The number of ether oxygens (including phenoxy) is 2. The van der Waals surface area contributed by atoms with E-state index in [1.54, 1.807) is 0 Å². The maximum absolute atomic E-state index is 12.9. The van der Waals surface area contributed by atoms with Crippen LogP contribution in [0.2, 0.25) is 0 Å². The number of alkyl halides is 2. The lowest BCUT2D eigenvalue weighted by Gasteiger charge is -2.28. The molecule has 3 N–H and O–H groups in total. The van der Waals surface area contributed by atoms with E-state index in [1.807, 2.05) is 18.2 Å². The summed E-state index contributed by atoms with van der Waals surface area (Å²) in [7, 11) is 0. The molecule has 0 aromatic heterocycles. The van der Waals surface area contributed by atoms with Gasteiger partial charge in [0.1, 0.15) is 5.92 Å². The van der Waals surface area contributed by atoms with Gasteiger partial charge in [-0.15, -0.1) is 0 Å². The summed E-state index contributed by atoms with van der Waals surface area (Å²) in [6.07, 6.45) is 5.28. The minimum absolute atomic E-state index is 0.275. The van der Waals surface area contributed by atoms with Crippen molar-refractivity contribution in [2.75, 3.05) is 38.3 Å². The number of amides is 1. The second kappa shape index (κ2) is 9.37. The number of nitrogens with one attached hydrogen (secondary N) is 3. The largest absolute Gasteiger partial charge is 0.454 e. The third-order valence-electron chi connectivity index (χ3n) is 6.42. The number of anilines is 1. The molecule has 2 saturated carbocycles. The zero-order valence-electron chi connectivity index (χ0n) is 17.2. The molecule has 3 aliphatic rings. The third-order valence-corrected chi connectivity index (χ3v) is 6.42. The number of hydrogen-bond acceptors (Lipinski definition) is 5. The molecule has 0 spiro atoms. The van der Waals surface area contributed by atoms with Crippen LogP contribution in [0.4, 0.5) is 14.5 Å². The summed E-state index contributed by atoms with van der Waals surface area (Å²) in [5, 5.41) is 9.59. The maximum Gasteiger partial charge on any atom is 0.260 e. The van der Waals surface area contributed by atoms with Gasteiger partial charge in [-0.3, -0.25) is 4.79 Å². The van der Waals surface area contributed by atoms with E-state index in [0.717, 1.165) is 68.9 Å². The van der Waals surface area contributed by atoms with Crippen molar-refractivity contribution in [3.63, 3.8) is 0 Å². The molecule has 8 heteroatoms.